The van der Waals surface area contributed by atoms with Gasteiger partial charge in [-0.3, -0.25) is 9.59 Å². The van der Waals surface area contributed by atoms with Crippen LogP contribution in [-0.4, -0.2) is 31.9 Å². The Balaban J connectivity index is 1.99. The fourth-order valence-corrected chi connectivity index (χ4v) is 3.80. The number of thiophene rings is 1. The third-order valence-electron chi connectivity index (χ3n) is 3.28. The van der Waals surface area contributed by atoms with Gasteiger partial charge in [0.25, 0.3) is 5.91 Å². The van der Waals surface area contributed by atoms with E-state index in [0.717, 1.165) is 4.88 Å². The van der Waals surface area contributed by atoms with Gasteiger partial charge < -0.3 is 10.4 Å². The zero-order chi connectivity index (χ0) is 18.3. The first-order valence-corrected chi connectivity index (χ1v) is 9.87. The Morgan fingerprint density at radius 3 is 2.64 bits per heavy atom. The number of carbonyl (C=O) groups is 2. The molecule has 25 heavy (non-hydrogen) atoms. The quantitative estimate of drug-likeness (QED) is 0.573. The molecule has 9 heteroatoms. The first-order chi connectivity index (χ1) is 11.9. The third-order valence-corrected chi connectivity index (χ3v) is 5.55. The second-order valence-electron chi connectivity index (χ2n) is 5.18. The maximum absolute atomic E-state index is 12.3. The highest BCUT2D eigenvalue weighted by Crippen LogP contribution is 2.14. The van der Waals surface area contributed by atoms with Gasteiger partial charge in [0.15, 0.2) is 0 Å². The van der Waals surface area contributed by atoms with E-state index in [1.165, 1.54) is 35.6 Å². The number of hydrogen-bond donors (Lipinski definition) is 3. The van der Waals surface area contributed by atoms with Crippen LogP contribution in [0.5, 0.6) is 0 Å². The highest BCUT2D eigenvalue weighted by Gasteiger charge is 2.16. The summed E-state index contributed by atoms with van der Waals surface area (Å²) in [6.45, 7) is 0.393. The van der Waals surface area contributed by atoms with E-state index in [2.05, 4.69) is 10.0 Å². The van der Waals surface area contributed by atoms with E-state index in [9.17, 15) is 18.0 Å². The minimum Gasteiger partial charge on any atom is -0.481 e. The molecular weight excluding hydrogens is 364 g/mol. The molecule has 0 atom stereocenters. The Hall–Kier alpha value is -2.23. The molecule has 134 valence electrons. The van der Waals surface area contributed by atoms with E-state index in [1.807, 2.05) is 17.5 Å². The van der Waals surface area contributed by atoms with Crippen molar-refractivity contribution in [2.75, 3.05) is 6.54 Å². The molecule has 0 saturated heterocycles. The van der Waals surface area contributed by atoms with Crippen molar-refractivity contribution < 1.29 is 23.1 Å². The van der Waals surface area contributed by atoms with Crippen LogP contribution in [0.3, 0.4) is 0 Å². The van der Waals surface area contributed by atoms with Crippen molar-refractivity contribution in [2.45, 2.75) is 24.3 Å². The van der Waals surface area contributed by atoms with Gasteiger partial charge in [-0.1, -0.05) is 12.1 Å². The fraction of sp³-hybridized carbons (Fsp3) is 0.250. The lowest BCUT2D eigenvalue weighted by Crippen LogP contribution is -2.26. The molecule has 3 N–H and O–H groups in total. The average molecular weight is 382 g/mol. The number of carbonyl (C=O) groups excluding carboxylic acids is 1. The molecule has 0 saturated carbocycles. The molecule has 0 unspecified atom stereocenters. The third kappa shape index (κ3) is 5.96. The Labute approximate surface area is 149 Å². The number of carboxylic acid groups (broad SMARTS) is 1. The van der Waals surface area contributed by atoms with E-state index >= 15 is 0 Å². The van der Waals surface area contributed by atoms with Crippen LogP contribution in [0.25, 0.3) is 0 Å². The summed E-state index contributed by atoms with van der Waals surface area (Å²) in [6, 6.07) is 9.37. The monoisotopic (exact) mass is 382 g/mol. The number of aliphatic carboxylic acids is 1. The van der Waals surface area contributed by atoms with E-state index in [1.54, 1.807) is 0 Å². The SMILES string of the molecule is O=C(O)CCCNC(=O)c1cccc(S(=O)(=O)NCc2cccs2)c1. The number of rotatable bonds is 9. The van der Waals surface area contributed by atoms with Gasteiger partial charge in [-0.15, -0.1) is 11.3 Å². The van der Waals surface area contributed by atoms with Crippen LogP contribution >= 0.6 is 11.3 Å². The summed E-state index contributed by atoms with van der Waals surface area (Å²) in [5.41, 5.74) is 0.203. The summed E-state index contributed by atoms with van der Waals surface area (Å²) in [4.78, 5) is 23.4. The number of amides is 1. The molecule has 1 amide bonds. The molecule has 0 spiro atoms. The second kappa shape index (κ2) is 8.75. The van der Waals surface area contributed by atoms with Crippen LogP contribution in [0.2, 0.25) is 0 Å². The molecular formula is C16H18N2O5S2. The number of sulfonamides is 1. The van der Waals surface area contributed by atoms with Gasteiger partial charge >= 0.3 is 5.97 Å². The minimum absolute atomic E-state index is 0.00208. The summed E-state index contributed by atoms with van der Waals surface area (Å²) >= 11 is 1.45. The molecule has 0 aliphatic carbocycles. The van der Waals surface area contributed by atoms with Crippen molar-refractivity contribution >= 4 is 33.2 Å². The van der Waals surface area contributed by atoms with Crippen LogP contribution in [0.15, 0.2) is 46.7 Å². The van der Waals surface area contributed by atoms with Crippen molar-refractivity contribution in [3.63, 3.8) is 0 Å². The summed E-state index contributed by atoms with van der Waals surface area (Å²) in [5.74, 6) is -1.38. The van der Waals surface area contributed by atoms with Crippen molar-refractivity contribution in [3.8, 4) is 0 Å². The fourth-order valence-electron chi connectivity index (χ4n) is 2.01. The Kier molecular flexibility index (Phi) is 6.68. The van der Waals surface area contributed by atoms with E-state index in [0.29, 0.717) is 6.42 Å². The van der Waals surface area contributed by atoms with Gasteiger partial charge in [0.2, 0.25) is 10.0 Å². The standard InChI is InChI=1S/C16H18N2O5S2/c19-15(20)7-2-8-17-16(21)12-4-1-6-14(10-12)25(22,23)18-11-13-5-3-9-24-13/h1,3-6,9-10,18H,2,7-8,11H2,(H,17,21)(H,19,20). The van der Waals surface area contributed by atoms with Crippen molar-refractivity contribution in [2.24, 2.45) is 0 Å². The van der Waals surface area contributed by atoms with Crippen LogP contribution in [0.4, 0.5) is 0 Å². The lowest BCUT2D eigenvalue weighted by Gasteiger charge is -2.08. The summed E-state index contributed by atoms with van der Waals surface area (Å²) < 4.78 is 27.2. The molecule has 0 aliphatic heterocycles. The first-order valence-electron chi connectivity index (χ1n) is 7.50. The predicted octanol–water partition coefficient (Wildman–Crippen LogP) is 1.82. The van der Waals surface area contributed by atoms with Gasteiger partial charge in [0.05, 0.1) is 4.90 Å². The maximum atomic E-state index is 12.3. The Morgan fingerprint density at radius 1 is 1.16 bits per heavy atom. The van der Waals surface area contributed by atoms with E-state index < -0.39 is 21.9 Å². The van der Waals surface area contributed by atoms with Crippen LogP contribution in [0, 0.1) is 0 Å². The lowest BCUT2D eigenvalue weighted by molar-refractivity contribution is -0.137. The Morgan fingerprint density at radius 2 is 1.96 bits per heavy atom. The molecule has 2 aromatic rings. The molecule has 0 fully saturated rings. The molecule has 7 nitrogen and oxygen atoms in total. The molecule has 0 aliphatic rings. The highest BCUT2D eigenvalue weighted by atomic mass is 32.2. The molecule has 1 aromatic heterocycles. The van der Waals surface area contributed by atoms with Crippen molar-refractivity contribution in [3.05, 3.63) is 52.2 Å². The van der Waals surface area contributed by atoms with Crippen LogP contribution in [-0.2, 0) is 21.4 Å². The molecule has 1 aromatic carbocycles. The highest BCUT2D eigenvalue weighted by molar-refractivity contribution is 7.89. The smallest absolute Gasteiger partial charge is 0.303 e. The van der Waals surface area contributed by atoms with Crippen LogP contribution in [0.1, 0.15) is 28.1 Å². The number of benzene rings is 1. The molecule has 0 radical (unpaired) electrons. The number of carboxylic acids is 1. The summed E-state index contributed by atoms with van der Waals surface area (Å²) in [6.07, 6.45) is 0.267. The summed E-state index contributed by atoms with van der Waals surface area (Å²) in [5, 5.41) is 13.0. The van der Waals surface area contributed by atoms with Gasteiger partial charge in [-0.05, 0) is 36.1 Å². The normalized spacial score (nSPS) is 11.2. The van der Waals surface area contributed by atoms with Crippen molar-refractivity contribution in [1.29, 1.82) is 0 Å². The maximum Gasteiger partial charge on any atom is 0.303 e. The zero-order valence-corrected chi connectivity index (χ0v) is 14.9. The van der Waals surface area contributed by atoms with E-state index in [4.69, 9.17) is 5.11 Å². The molecule has 0 bridgehead atoms. The van der Waals surface area contributed by atoms with E-state index in [-0.39, 0.29) is 30.0 Å². The first kappa shape index (κ1) is 19.1. The Bertz CT molecular complexity index is 832. The largest absolute Gasteiger partial charge is 0.481 e. The lowest BCUT2D eigenvalue weighted by atomic mass is 10.2. The minimum atomic E-state index is -3.73. The topological polar surface area (TPSA) is 113 Å². The predicted molar refractivity (Wildman–Crippen MR) is 94.0 cm³/mol. The van der Waals surface area contributed by atoms with Gasteiger partial charge in [0.1, 0.15) is 0 Å². The number of nitrogens with one attached hydrogen (secondary N) is 2. The zero-order valence-electron chi connectivity index (χ0n) is 13.3. The molecule has 1 heterocycles. The average Bonchev–Trinajstić information content (AvgIpc) is 3.10. The van der Waals surface area contributed by atoms with Gasteiger partial charge in [-0.2, -0.15) is 0 Å². The number of hydrogen-bond acceptors (Lipinski definition) is 5. The molecule has 2 rings (SSSR count). The second-order valence-corrected chi connectivity index (χ2v) is 7.98. The van der Waals surface area contributed by atoms with Crippen LogP contribution < -0.4 is 10.0 Å². The summed E-state index contributed by atoms with van der Waals surface area (Å²) in [7, 11) is -3.73. The van der Waals surface area contributed by atoms with Gasteiger partial charge in [-0.25, -0.2) is 13.1 Å². The van der Waals surface area contributed by atoms with Gasteiger partial charge in [0, 0.05) is 30.0 Å². The van der Waals surface area contributed by atoms with Crippen molar-refractivity contribution in [1.82, 2.24) is 10.0 Å².